The Morgan fingerprint density at radius 1 is 1.27 bits per heavy atom. The highest BCUT2D eigenvalue weighted by Crippen LogP contribution is 2.36. The Morgan fingerprint density at radius 2 is 1.95 bits per heavy atom. The second-order valence-corrected chi connectivity index (χ2v) is 5.70. The van der Waals surface area contributed by atoms with E-state index in [1.54, 1.807) is 0 Å². The number of anilines is 1. The summed E-state index contributed by atoms with van der Waals surface area (Å²) in [5, 5.41) is 12.4. The highest BCUT2D eigenvalue weighted by molar-refractivity contribution is 5.71. The van der Waals surface area contributed by atoms with Gasteiger partial charge in [0, 0.05) is 32.0 Å². The Labute approximate surface area is 132 Å². The molecule has 1 fully saturated rings. The van der Waals surface area contributed by atoms with Crippen molar-refractivity contribution in [3.63, 3.8) is 0 Å². The average molecular weight is 304 g/mol. The van der Waals surface area contributed by atoms with Crippen molar-refractivity contribution in [3.05, 3.63) is 23.9 Å². The van der Waals surface area contributed by atoms with Gasteiger partial charge in [-0.2, -0.15) is 0 Å². The maximum absolute atomic E-state index is 9.25. The minimum Gasteiger partial charge on any atom is -0.396 e. The third kappa shape index (κ3) is 3.09. The van der Waals surface area contributed by atoms with Crippen molar-refractivity contribution in [2.24, 2.45) is 5.92 Å². The van der Waals surface area contributed by atoms with Crippen molar-refractivity contribution in [3.8, 4) is 0 Å². The van der Waals surface area contributed by atoms with Gasteiger partial charge >= 0.3 is 0 Å². The molecule has 1 aliphatic carbocycles. The van der Waals surface area contributed by atoms with Crippen LogP contribution in [0.25, 0.3) is 5.52 Å². The normalized spacial score (nSPS) is 21.3. The highest BCUT2D eigenvalue weighted by Gasteiger charge is 2.26. The number of hydrogen-bond acceptors (Lipinski definition) is 4. The molecule has 0 unspecified atom stereocenters. The third-order valence-electron chi connectivity index (χ3n) is 4.46. The van der Waals surface area contributed by atoms with Crippen molar-refractivity contribution in [2.45, 2.75) is 52.4 Å². The monoisotopic (exact) mass is 304 g/mol. The lowest BCUT2D eigenvalue weighted by Crippen LogP contribution is -2.17. The first-order valence-corrected chi connectivity index (χ1v) is 8.36. The summed E-state index contributed by atoms with van der Waals surface area (Å²) in [6.07, 6.45) is 8.24. The second kappa shape index (κ2) is 7.58. The largest absolute Gasteiger partial charge is 0.396 e. The van der Waals surface area contributed by atoms with Gasteiger partial charge in [-0.15, -0.1) is 0 Å². The second-order valence-electron chi connectivity index (χ2n) is 5.70. The Bertz CT molecular complexity index is 600. The highest BCUT2D eigenvalue weighted by atomic mass is 16.3. The zero-order chi connectivity index (χ0) is 16.1. The van der Waals surface area contributed by atoms with E-state index in [1.165, 1.54) is 0 Å². The van der Waals surface area contributed by atoms with Crippen LogP contribution in [0.5, 0.6) is 0 Å². The summed E-state index contributed by atoms with van der Waals surface area (Å²) < 4.78 is 2.18. The van der Waals surface area contributed by atoms with Gasteiger partial charge in [-0.1, -0.05) is 13.8 Å². The molecule has 1 saturated carbocycles. The van der Waals surface area contributed by atoms with E-state index in [4.69, 9.17) is 4.98 Å². The molecule has 0 aliphatic heterocycles. The summed E-state index contributed by atoms with van der Waals surface area (Å²) in [5.74, 6) is 3.00. The first-order valence-electron chi connectivity index (χ1n) is 8.36. The molecule has 0 saturated heterocycles. The van der Waals surface area contributed by atoms with Crippen LogP contribution in [0.1, 0.15) is 57.0 Å². The van der Waals surface area contributed by atoms with Gasteiger partial charge < -0.3 is 10.4 Å². The van der Waals surface area contributed by atoms with E-state index in [2.05, 4.69) is 14.7 Å². The number of imidazole rings is 1. The van der Waals surface area contributed by atoms with Crippen LogP contribution in [0.2, 0.25) is 0 Å². The van der Waals surface area contributed by atoms with Crippen LogP contribution >= 0.6 is 0 Å². The standard InChI is InChI=1S/C15H22N4O.C2H6/c1-10-13-14(16-2)17-7-8-19(13)15(18-10)12-5-3-11(9-20)4-6-12;1-2/h7-8,11-12,20H,3-6,9H2,1-2H3,(H,16,17);1-2H3. The number of aromatic nitrogens is 3. The van der Waals surface area contributed by atoms with Crippen LogP contribution in [0.3, 0.4) is 0 Å². The SMILES string of the molecule is CC.CNc1nccn2c(C3CCC(CO)CC3)nc(C)c12. The van der Waals surface area contributed by atoms with Crippen molar-refractivity contribution < 1.29 is 5.11 Å². The minimum atomic E-state index is 0.321. The molecule has 0 bridgehead atoms. The number of rotatable bonds is 3. The van der Waals surface area contributed by atoms with Gasteiger partial charge in [0.05, 0.1) is 5.69 Å². The molecule has 2 aromatic rings. The van der Waals surface area contributed by atoms with Crippen LogP contribution in [0, 0.1) is 12.8 Å². The van der Waals surface area contributed by atoms with E-state index >= 15 is 0 Å². The van der Waals surface area contributed by atoms with Crippen molar-refractivity contribution in [1.29, 1.82) is 0 Å². The van der Waals surface area contributed by atoms with E-state index < -0.39 is 0 Å². The quantitative estimate of drug-likeness (QED) is 0.912. The number of aliphatic hydroxyl groups excluding tert-OH is 1. The summed E-state index contributed by atoms with van der Waals surface area (Å²) in [5.41, 5.74) is 2.11. The Kier molecular flexibility index (Phi) is 5.77. The van der Waals surface area contributed by atoms with Gasteiger partial charge in [0.2, 0.25) is 0 Å². The van der Waals surface area contributed by atoms with Crippen LogP contribution in [0.4, 0.5) is 5.82 Å². The number of nitrogens with one attached hydrogen (secondary N) is 1. The van der Waals surface area contributed by atoms with E-state index in [0.717, 1.165) is 48.5 Å². The van der Waals surface area contributed by atoms with Gasteiger partial charge in [0.25, 0.3) is 0 Å². The van der Waals surface area contributed by atoms with E-state index in [-0.39, 0.29) is 0 Å². The summed E-state index contributed by atoms with van der Waals surface area (Å²) in [6.45, 7) is 6.36. The molecule has 0 aromatic carbocycles. The third-order valence-corrected chi connectivity index (χ3v) is 4.46. The van der Waals surface area contributed by atoms with Gasteiger partial charge in [0.15, 0.2) is 5.82 Å². The smallest absolute Gasteiger partial charge is 0.152 e. The lowest BCUT2D eigenvalue weighted by atomic mass is 9.82. The number of aliphatic hydroxyl groups is 1. The van der Waals surface area contributed by atoms with Crippen molar-refractivity contribution in [2.75, 3.05) is 19.0 Å². The lowest BCUT2D eigenvalue weighted by molar-refractivity contribution is 0.181. The summed E-state index contributed by atoms with van der Waals surface area (Å²) in [4.78, 5) is 9.16. The fraction of sp³-hybridized carbons (Fsp3) is 0.647. The molecule has 22 heavy (non-hydrogen) atoms. The molecule has 2 aromatic heterocycles. The molecular formula is C17H28N4O. The Morgan fingerprint density at radius 3 is 2.55 bits per heavy atom. The summed E-state index contributed by atoms with van der Waals surface area (Å²) in [6, 6.07) is 0. The molecule has 2 heterocycles. The van der Waals surface area contributed by atoms with Crippen molar-refractivity contribution >= 4 is 11.3 Å². The fourth-order valence-electron chi connectivity index (χ4n) is 3.31. The van der Waals surface area contributed by atoms with Gasteiger partial charge in [0.1, 0.15) is 11.3 Å². The maximum atomic E-state index is 9.25. The van der Waals surface area contributed by atoms with Crippen molar-refractivity contribution in [1.82, 2.24) is 14.4 Å². The molecule has 0 atom stereocenters. The Hall–Kier alpha value is -1.62. The van der Waals surface area contributed by atoms with Gasteiger partial charge in [-0.05, 0) is 38.5 Å². The van der Waals surface area contributed by atoms with Crippen LogP contribution in [-0.4, -0.2) is 33.1 Å². The topological polar surface area (TPSA) is 62.5 Å². The molecule has 122 valence electrons. The van der Waals surface area contributed by atoms with Gasteiger partial charge in [-0.25, -0.2) is 9.97 Å². The Balaban J connectivity index is 0.000000847. The number of nitrogens with zero attached hydrogens (tertiary/aromatic N) is 3. The molecular weight excluding hydrogens is 276 g/mol. The van der Waals surface area contributed by atoms with Crippen LogP contribution < -0.4 is 5.32 Å². The van der Waals surface area contributed by atoms with E-state index in [1.807, 2.05) is 40.2 Å². The molecule has 5 heteroatoms. The number of aryl methyl sites for hydroxylation is 1. The predicted molar refractivity (Wildman–Crippen MR) is 90.4 cm³/mol. The average Bonchev–Trinajstić information content (AvgIpc) is 2.94. The molecule has 2 N–H and O–H groups in total. The van der Waals surface area contributed by atoms with Crippen LogP contribution in [-0.2, 0) is 0 Å². The predicted octanol–water partition coefficient (Wildman–Crippen LogP) is 3.37. The molecule has 0 radical (unpaired) electrons. The zero-order valence-corrected chi connectivity index (χ0v) is 14.1. The molecule has 0 amide bonds. The van der Waals surface area contributed by atoms with Crippen LogP contribution in [0.15, 0.2) is 12.4 Å². The maximum Gasteiger partial charge on any atom is 0.152 e. The van der Waals surface area contributed by atoms with Gasteiger partial charge in [-0.3, -0.25) is 4.40 Å². The molecule has 0 spiro atoms. The van der Waals surface area contributed by atoms with E-state index in [0.29, 0.717) is 18.4 Å². The number of fused-ring (bicyclic) bond motifs is 1. The lowest BCUT2D eigenvalue weighted by Gasteiger charge is -2.26. The minimum absolute atomic E-state index is 0.321. The number of hydrogen-bond donors (Lipinski definition) is 2. The molecule has 1 aliphatic rings. The molecule has 5 nitrogen and oxygen atoms in total. The summed E-state index contributed by atoms with van der Waals surface area (Å²) in [7, 11) is 1.89. The molecule has 3 rings (SSSR count). The zero-order valence-electron chi connectivity index (χ0n) is 14.1. The first-order chi connectivity index (χ1) is 10.7. The fourth-order valence-corrected chi connectivity index (χ4v) is 3.31. The first kappa shape index (κ1) is 16.7. The summed E-state index contributed by atoms with van der Waals surface area (Å²) >= 11 is 0. The van der Waals surface area contributed by atoms with E-state index in [9.17, 15) is 5.11 Å².